The minimum absolute atomic E-state index is 0.274. The van der Waals surface area contributed by atoms with Crippen LogP contribution in [0.25, 0.3) is 0 Å². The second kappa shape index (κ2) is 4.86. The van der Waals surface area contributed by atoms with Gasteiger partial charge in [-0.25, -0.2) is 0 Å². The van der Waals surface area contributed by atoms with Crippen LogP contribution in [0.3, 0.4) is 0 Å². The molecule has 1 aromatic rings. The van der Waals surface area contributed by atoms with Gasteiger partial charge in [0.1, 0.15) is 18.4 Å². The minimum Gasteiger partial charge on any atom is -0.490 e. The molecule has 0 aliphatic carbocycles. The van der Waals surface area contributed by atoms with Crippen LogP contribution in [-0.4, -0.2) is 12.6 Å². The topological polar surface area (TPSA) is 59.0 Å². The SMILES string of the molecule is N#CC(N)COc1ccccc1C(F)(F)F. The molecule has 0 amide bonds. The van der Waals surface area contributed by atoms with E-state index in [2.05, 4.69) is 0 Å². The van der Waals surface area contributed by atoms with Gasteiger partial charge in [0, 0.05) is 0 Å². The number of alkyl halides is 3. The van der Waals surface area contributed by atoms with E-state index in [0.29, 0.717) is 0 Å². The minimum atomic E-state index is -4.48. The van der Waals surface area contributed by atoms with E-state index in [-0.39, 0.29) is 12.4 Å². The molecule has 0 spiro atoms. The highest BCUT2D eigenvalue weighted by atomic mass is 19.4. The fraction of sp³-hybridized carbons (Fsp3) is 0.300. The second-order valence-electron chi connectivity index (χ2n) is 3.04. The van der Waals surface area contributed by atoms with Crippen molar-refractivity contribution in [2.75, 3.05) is 6.61 Å². The molecular weight excluding hydrogens is 221 g/mol. The van der Waals surface area contributed by atoms with E-state index >= 15 is 0 Å². The summed E-state index contributed by atoms with van der Waals surface area (Å²) in [4.78, 5) is 0. The maximum absolute atomic E-state index is 12.5. The second-order valence-corrected chi connectivity index (χ2v) is 3.04. The van der Waals surface area contributed by atoms with Crippen molar-refractivity contribution in [2.24, 2.45) is 5.73 Å². The van der Waals surface area contributed by atoms with Gasteiger partial charge in [0.2, 0.25) is 0 Å². The Kier molecular flexibility index (Phi) is 3.74. The molecule has 86 valence electrons. The predicted octanol–water partition coefficient (Wildman–Crippen LogP) is 1.94. The largest absolute Gasteiger partial charge is 0.490 e. The highest BCUT2D eigenvalue weighted by Gasteiger charge is 2.34. The van der Waals surface area contributed by atoms with Gasteiger partial charge in [-0.3, -0.25) is 0 Å². The van der Waals surface area contributed by atoms with Gasteiger partial charge in [0.25, 0.3) is 0 Å². The molecule has 2 N–H and O–H groups in total. The van der Waals surface area contributed by atoms with Crippen LogP contribution in [0.5, 0.6) is 5.75 Å². The van der Waals surface area contributed by atoms with Crippen LogP contribution in [0.15, 0.2) is 24.3 Å². The molecule has 6 heteroatoms. The van der Waals surface area contributed by atoms with Crippen LogP contribution in [0.2, 0.25) is 0 Å². The first kappa shape index (κ1) is 12.3. The first-order chi connectivity index (χ1) is 7.45. The fourth-order valence-corrected chi connectivity index (χ4v) is 1.04. The third kappa shape index (κ3) is 3.14. The molecule has 0 saturated heterocycles. The van der Waals surface area contributed by atoms with Crippen LogP contribution in [0.1, 0.15) is 5.56 Å². The zero-order valence-corrected chi connectivity index (χ0v) is 8.16. The number of ether oxygens (including phenoxy) is 1. The summed E-state index contributed by atoms with van der Waals surface area (Å²) in [6.45, 7) is -0.274. The lowest BCUT2D eigenvalue weighted by Gasteiger charge is -2.13. The third-order valence-electron chi connectivity index (χ3n) is 1.78. The van der Waals surface area contributed by atoms with Crippen molar-refractivity contribution < 1.29 is 17.9 Å². The van der Waals surface area contributed by atoms with Crippen molar-refractivity contribution in [1.29, 1.82) is 5.26 Å². The number of halogens is 3. The van der Waals surface area contributed by atoms with E-state index in [1.807, 2.05) is 0 Å². The first-order valence-electron chi connectivity index (χ1n) is 4.39. The van der Waals surface area contributed by atoms with Crippen LogP contribution in [-0.2, 0) is 6.18 Å². The zero-order chi connectivity index (χ0) is 12.2. The molecule has 0 heterocycles. The first-order valence-corrected chi connectivity index (χ1v) is 4.39. The van der Waals surface area contributed by atoms with Gasteiger partial charge in [-0.2, -0.15) is 18.4 Å². The standard InChI is InChI=1S/C10H9F3N2O/c11-10(12,13)8-3-1-2-4-9(8)16-6-7(15)5-14/h1-4,7H,6,15H2. The maximum atomic E-state index is 12.5. The number of nitriles is 1. The molecule has 1 rings (SSSR count). The van der Waals surface area contributed by atoms with Gasteiger partial charge in [-0.15, -0.1) is 0 Å². The van der Waals surface area contributed by atoms with Crippen LogP contribution in [0, 0.1) is 11.3 Å². The third-order valence-corrected chi connectivity index (χ3v) is 1.78. The van der Waals surface area contributed by atoms with Crippen molar-refractivity contribution in [2.45, 2.75) is 12.2 Å². The molecule has 0 radical (unpaired) electrons. The lowest BCUT2D eigenvalue weighted by atomic mass is 10.2. The van der Waals surface area contributed by atoms with Gasteiger partial charge in [-0.1, -0.05) is 12.1 Å². The van der Waals surface area contributed by atoms with E-state index in [1.54, 1.807) is 6.07 Å². The molecule has 1 aromatic carbocycles. The molecule has 0 fully saturated rings. The summed E-state index contributed by atoms with van der Waals surface area (Å²) in [5.74, 6) is -0.319. The predicted molar refractivity (Wildman–Crippen MR) is 50.5 cm³/mol. The number of benzene rings is 1. The molecule has 3 nitrogen and oxygen atoms in total. The van der Waals surface area contributed by atoms with Gasteiger partial charge in [-0.05, 0) is 12.1 Å². The Morgan fingerprint density at radius 3 is 2.56 bits per heavy atom. The lowest BCUT2D eigenvalue weighted by molar-refractivity contribution is -0.138. The highest BCUT2D eigenvalue weighted by molar-refractivity contribution is 5.35. The van der Waals surface area contributed by atoms with Crippen molar-refractivity contribution in [1.82, 2.24) is 0 Å². The Morgan fingerprint density at radius 2 is 2.00 bits per heavy atom. The monoisotopic (exact) mass is 230 g/mol. The molecule has 1 unspecified atom stereocenters. The summed E-state index contributed by atoms with van der Waals surface area (Å²) in [6.07, 6.45) is -4.48. The molecule has 0 aromatic heterocycles. The van der Waals surface area contributed by atoms with E-state index < -0.39 is 17.8 Å². The van der Waals surface area contributed by atoms with E-state index in [0.717, 1.165) is 6.07 Å². The van der Waals surface area contributed by atoms with E-state index in [9.17, 15) is 13.2 Å². The van der Waals surface area contributed by atoms with E-state index in [4.69, 9.17) is 15.7 Å². The quantitative estimate of drug-likeness (QED) is 0.863. The molecular formula is C10H9F3N2O. The Labute approximate surface area is 90.2 Å². The fourth-order valence-electron chi connectivity index (χ4n) is 1.04. The number of nitrogens with two attached hydrogens (primary N) is 1. The average molecular weight is 230 g/mol. The van der Waals surface area contributed by atoms with Gasteiger partial charge < -0.3 is 10.5 Å². The van der Waals surface area contributed by atoms with Crippen LogP contribution in [0.4, 0.5) is 13.2 Å². The highest BCUT2D eigenvalue weighted by Crippen LogP contribution is 2.35. The summed E-state index contributed by atoms with van der Waals surface area (Å²) < 4.78 is 42.3. The Bertz CT molecular complexity index is 398. The Balaban J connectivity index is 2.85. The van der Waals surface area contributed by atoms with Crippen LogP contribution >= 0.6 is 0 Å². The average Bonchev–Trinajstić information content (AvgIpc) is 2.25. The number of hydrogen-bond acceptors (Lipinski definition) is 3. The summed E-state index contributed by atoms with van der Waals surface area (Å²) in [5, 5.41) is 8.36. The molecule has 0 saturated carbocycles. The molecule has 0 aliphatic rings. The zero-order valence-electron chi connectivity index (χ0n) is 8.16. The molecule has 0 aliphatic heterocycles. The molecule has 16 heavy (non-hydrogen) atoms. The van der Waals surface area contributed by atoms with Crippen molar-refractivity contribution in [3.63, 3.8) is 0 Å². The number of nitrogens with zero attached hydrogens (tertiary/aromatic N) is 1. The summed E-state index contributed by atoms with van der Waals surface area (Å²) in [5.41, 5.74) is 4.34. The smallest absolute Gasteiger partial charge is 0.419 e. The normalized spacial score (nSPS) is 12.9. The molecule has 0 bridgehead atoms. The van der Waals surface area contributed by atoms with Gasteiger partial charge >= 0.3 is 6.18 Å². The number of hydrogen-bond donors (Lipinski definition) is 1. The Morgan fingerprint density at radius 1 is 1.38 bits per heavy atom. The Hall–Kier alpha value is -1.74. The van der Waals surface area contributed by atoms with Crippen LogP contribution < -0.4 is 10.5 Å². The number of rotatable bonds is 3. The summed E-state index contributed by atoms with van der Waals surface area (Å²) >= 11 is 0. The lowest BCUT2D eigenvalue weighted by Crippen LogP contribution is -2.26. The molecule has 1 atom stereocenters. The van der Waals surface area contributed by atoms with Gasteiger partial charge in [0.05, 0.1) is 11.6 Å². The van der Waals surface area contributed by atoms with Crippen molar-refractivity contribution in [3.8, 4) is 11.8 Å². The van der Waals surface area contributed by atoms with Crippen molar-refractivity contribution >= 4 is 0 Å². The van der Waals surface area contributed by atoms with E-state index in [1.165, 1.54) is 18.2 Å². The summed E-state index contributed by atoms with van der Waals surface area (Å²) in [6, 6.07) is 5.50. The summed E-state index contributed by atoms with van der Waals surface area (Å²) in [7, 11) is 0. The van der Waals surface area contributed by atoms with Gasteiger partial charge in [0.15, 0.2) is 0 Å². The number of para-hydroxylation sites is 1. The van der Waals surface area contributed by atoms with Crippen molar-refractivity contribution in [3.05, 3.63) is 29.8 Å². The maximum Gasteiger partial charge on any atom is 0.419 e.